The molecule has 0 amide bonds. The van der Waals surface area contributed by atoms with Crippen LogP contribution >= 0.6 is 0 Å². The normalized spacial score (nSPS) is 10.5. The van der Waals surface area contributed by atoms with Gasteiger partial charge in [-0.3, -0.25) is 4.57 Å². The Balaban J connectivity index is 2.61. The molecule has 1 aromatic heterocycles. The molecule has 3 nitrogen and oxygen atoms in total. The highest BCUT2D eigenvalue weighted by Crippen LogP contribution is 2.20. The zero-order valence-electron chi connectivity index (χ0n) is 9.58. The summed E-state index contributed by atoms with van der Waals surface area (Å²) in [4.78, 5) is 4.31. The summed E-state index contributed by atoms with van der Waals surface area (Å²) in [5, 5.41) is 2.99. The molecule has 16 heavy (non-hydrogen) atoms. The van der Waals surface area contributed by atoms with Crippen molar-refractivity contribution in [2.75, 3.05) is 12.4 Å². The molecule has 0 aliphatic carbocycles. The van der Waals surface area contributed by atoms with E-state index in [4.69, 9.17) is 0 Å². The predicted octanol–water partition coefficient (Wildman–Crippen LogP) is 2.67. The average Bonchev–Trinajstić information content (AvgIpc) is 2.63. The Morgan fingerprint density at radius 2 is 2.06 bits per heavy atom. The topological polar surface area (TPSA) is 29.9 Å². The minimum Gasteiger partial charge on any atom is -0.358 e. The maximum Gasteiger partial charge on any atom is 0.207 e. The quantitative estimate of drug-likeness (QED) is 0.841. The van der Waals surface area contributed by atoms with Crippen LogP contribution in [0.15, 0.2) is 24.4 Å². The third-order valence-electron chi connectivity index (χ3n) is 2.48. The van der Waals surface area contributed by atoms with Crippen LogP contribution in [0.5, 0.6) is 0 Å². The smallest absolute Gasteiger partial charge is 0.207 e. The second kappa shape index (κ2) is 3.96. The van der Waals surface area contributed by atoms with Crippen molar-refractivity contribution in [3.05, 3.63) is 41.5 Å². The number of benzene rings is 1. The molecule has 4 heteroatoms. The maximum absolute atomic E-state index is 13.2. The first-order valence-corrected chi connectivity index (χ1v) is 5.12. The lowest BCUT2D eigenvalue weighted by molar-refractivity contribution is 0.626. The molecule has 0 saturated carbocycles. The Kier molecular flexibility index (Phi) is 2.64. The lowest BCUT2D eigenvalue weighted by atomic mass is 10.2. The molecule has 1 heterocycles. The molecule has 84 valence electrons. The number of anilines is 1. The molecular formula is C12H14FN3. The first-order valence-electron chi connectivity index (χ1n) is 5.12. The minimum absolute atomic E-state index is 0.242. The lowest BCUT2D eigenvalue weighted by Gasteiger charge is -2.09. The van der Waals surface area contributed by atoms with Crippen LogP contribution in [-0.4, -0.2) is 16.6 Å². The Labute approximate surface area is 93.9 Å². The van der Waals surface area contributed by atoms with Crippen LogP contribution in [0.1, 0.15) is 11.3 Å². The van der Waals surface area contributed by atoms with Crippen LogP contribution in [0, 0.1) is 19.7 Å². The third kappa shape index (κ3) is 1.78. The molecule has 0 atom stereocenters. The average molecular weight is 219 g/mol. The van der Waals surface area contributed by atoms with E-state index in [1.165, 1.54) is 12.1 Å². The van der Waals surface area contributed by atoms with Crippen molar-refractivity contribution >= 4 is 5.95 Å². The molecule has 0 aliphatic heterocycles. The van der Waals surface area contributed by atoms with Gasteiger partial charge in [0, 0.05) is 13.2 Å². The Hall–Kier alpha value is -1.84. The zero-order valence-corrected chi connectivity index (χ0v) is 9.58. The van der Waals surface area contributed by atoms with Gasteiger partial charge in [0.15, 0.2) is 0 Å². The summed E-state index contributed by atoms with van der Waals surface area (Å²) in [7, 11) is 1.80. The third-order valence-corrected chi connectivity index (χ3v) is 2.48. The van der Waals surface area contributed by atoms with E-state index in [-0.39, 0.29) is 5.82 Å². The number of nitrogens with one attached hydrogen (secondary N) is 1. The number of nitrogens with zero attached hydrogens (tertiary/aromatic N) is 2. The Morgan fingerprint density at radius 3 is 2.75 bits per heavy atom. The fourth-order valence-corrected chi connectivity index (χ4v) is 1.70. The number of halogens is 1. The molecule has 0 bridgehead atoms. The number of aromatic nitrogens is 2. The van der Waals surface area contributed by atoms with Gasteiger partial charge in [-0.05, 0) is 31.5 Å². The SMILES string of the molecule is CNc1nc(C)cn1-c1cc(F)ccc1C. The van der Waals surface area contributed by atoms with Crippen LogP contribution in [0.4, 0.5) is 10.3 Å². The standard InChI is InChI=1S/C12H14FN3/c1-8-4-5-10(13)6-11(8)16-7-9(2)15-12(16)14-3/h4-7H,1-3H3,(H,14,15). The van der Waals surface area contributed by atoms with Crippen LogP contribution in [0.2, 0.25) is 0 Å². The maximum atomic E-state index is 13.2. The summed E-state index contributed by atoms with van der Waals surface area (Å²) >= 11 is 0. The molecule has 1 N–H and O–H groups in total. The van der Waals surface area contributed by atoms with Crippen molar-refractivity contribution in [3.8, 4) is 5.69 Å². The zero-order chi connectivity index (χ0) is 11.7. The van der Waals surface area contributed by atoms with Gasteiger partial charge in [-0.2, -0.15) is 0 Å². The Morgan fingerprint density at radius 1 is 1.31 bits per heavy atom. The predicted molar refractivity (Wildman–Crippen MR) is 62.5 cm³/mol. The summed E-state index contributed by atoms with van der Waals surface area (Å²) in [5.41, 5.74) is 2.72. The molecule has 0 radical (unpaired) electrons. The van der Waals surface area contributed by atoms with Gasteiger partial charge in [-0.15, -0.1) is 0 Å². The largest absolute Gasteiger partial charge is 0.358 e. The van der Waals surface area contributed by atoms with Crippen molar-refractivity contribution in [2.45, 2.75) is 13.8 Å². The molecule has 0 spiro atoms. The van der Waals surface area contributed by atoms with Crippen molar-refractivity contribution in [1.82, 2.24) is 9.55 Å². The second-order valence-electron chi connectivity index (χ2n) is 3.76. The van der Waals surface area contributed by atoms with Crippen molar-refractivity contribution in [3.63, 3.8) is 0 Å². The van der Waals surface area contributed by atoms with Crippen LogP contribution in [-0.2, 0) is 0 Å². The van der Waals surface area contributed by atoms with Crippen molar-refractivity contribution < 1.29 is 4.39 Å². The highest BCUT2D eigenvalue weighted by atomic mass is 19.1. The molecule has 0 unspecified atom stereocenters. The highest BCUT2D eigenvalue weighted by Gasteiger charge is 2.08. The second-order valence-corrected chi connectivity index (χ2v) is 3.76. The van der Waals surface area contributed by atoms with E-state index in [0.717, 1.165) is 16.9 Å². The molecule has 2 rings (SSSR count). The monoisotopic (exact) mass is 219 g/mol. The van der Waals surface area contributed by atoms with E-state index in [2.05, 4.69) is 10.3 Å². The van der Waals surface area contributed by atoms with Gasteiger partial charge in [-0.1, -0.05) is 6.07 Å². The number of rotatable bonds is 2. The fraction of sp³-hybridized carbons (Fsp3) is 0.250. The van der Waals surface area contributed by atoms with Gasteiger partial charge in [0.05, 0.1) is 11.4 Å². The van der Waals surface area contributed by atoms with E-state index in [0.29, 0.717) is 5.95 Å². The van der Waals surface area contributed by atoms with Crippen LogP contribution < -0.4 is 5.32 Å². The van der Waals surface area contributed by atoms with Gasteiger partial charge >= 0.3 is 0 Å². The van der Waals surface area contributed by atoms with Crippen LogP contribution in [0.3, 0.4) is 0 Å². The fourth-order valence-electron chi connectivity index (χ4n) is 1.70. The summed E-state index contributed by atoms with van der Waals surface area (Å²) in [6.45, 7) is 3.86. The summed E-state index contributed by atoms with van der Waals surface area (Å²) in [5.74, 6) is 0.472. The van der Waals surface area contributed by atoms with E-state index < -0.39 is 0 Å². The Bertz CT molecular complexity index is 517. The number of imidazole rings is 1. The number of hydrogen-bond donors (Lipinski definition) is 1. The molecule has 1 aromatic carbocycles. The van der Waals surface area contributed by atoms with Gasteiger partial charge in [-0.25, -0.2) is 9.37 Å². The summed E-state index contributed by atoms with van der Waals surface area (Å²) < 4.78 is 15.1. The highest BCUT2D eigenvalue weighted by molar-refractivity contribution is 5.47. The summed E-state index contributed by atoms with van der Waals surface area (Å²) in [6.07, 6.45) is 1.88. The number of aryl methyl sites for hydroxylation is 2. The molecule has 0 fully saturated rings. The lowest BCUT2D eigenvalue weighted by Crippen LogP contribution is -2.02. The molecule has 0 saturated heterocycles. The van der Waals surface area contributed by atoms with E-state index in [1.807, 2.05) is 24.6 Å². The van der Waals surface area contributed by atoms with E-state index >= 15 is 0 Å². The van der Waals surface area contributed by atoms with E-state index in [9.17, 15) is 4.39 Å². The molecule has 0 aliphatic rings. The van der Waals surface area contributed by atoms with Crippen molar-refractivity contribution in [2.24, 2.45) is 0 Å². The van der Waals surface area contributed by atoms with Gasteiger partial charge < -0.3 is 5.32 Å². The van der Waals surface area contributed by atoms with Crippen LogP contribution in [0.25, 0.3) is 5.69 Å². The molecule has 2 aromatic rings. The first-order chi connectivity index (χ1) is 7.61. The molecular weight excluding hydrogens is 205 g/mol. The summed E-state index contributed by atoms with van der Waals surface area (Å²) in [6, 6.07) is 4.73. The van der Waals surface area contributed by atoms with Gasteiger partial charge in [0.1, 0.15) is 5.82 Å². The van der Waals surface area contributed by atoms with Crippen molar-refractivity contribution in [1.29, 1.82) is 0 Å². The van der Waals surface area contributed by atoms with Gasteiger partial charge in [0.2, 0.25) is 5.95 Å². The van der Waals surface area contributed by atoms with E-state index in [1.54, 1.807) is 13.1 Å². The number of hydrogen-bond acceptors (Lipinski definition) is 2. The van der Waals surface area contributed by atoms with Gasteiger partial charge in [0.25, 0.3) is 0 Å². The minimum atomic E-state index is -0.242. The first kappa shape index (κ1) is 10.7.